The number of nitrogens with zero attached hydrogens (tertiary/aromatic N) is 1. The molecular weight excluding hydrogens is 385 g/mol. The fraction of sp³-hybridized carbons (Fsp3) is 0.588. The number of halogens is 3. The monoisotopic (exact) mass is 408 g/mol. The van der Waals surface area contributed by atoms with E-state index in [1.165, 1.54) is 0 Å². The Kier molecular flexibility index (Phi) is 7.91. The highest BCUT2D eigenvalue weighted by molar-refractivity contribution is 8.00. The molecule has 27 heavy (non-hydrogen) atoms. The molecule has 6 nitrogen and oxygen atoms in total. The van der Waals surface area contributed by atoms with Gasteiger partial charge in [0.15, 0.2) is 0 Å². The molecule has 1 saturated heterocycles. The number of nitrogens with one attached hydrogen (secondary N) is 1. The normalized spacial score (nSPS) is 14.8. The van der Waals surface area contributed by atoms with Crippen LogP contribution in [0.15, 0.2) is 12.1 Å². The van der Waals surface area contributed by atoms with Crippen LogP contribution < -0.4 is 19.7 Å². The molecule has 0 bridgehead atoms. The van der Waals surface area contributed by atoms with Crippen molar-refractivity contribution in [3.05, 3.63) is 12.1 Å². The first-order chi connectivity index (χ1) is 12.8. The molecule has 152 valence electrons. The van der Waals surface area contributed by atoms with Gasteiger partial charge in [0.25, 0.3) is 0 Å². The average Bonchev–Trinajstić information content (AvgIpc) is 2.62. The summed E-state index contributed by atoms with van der Waals surface area (Å²) in [7, 11) is 0. The summed E-state index contributed by atoms with van der Waals surface area (Å²) < 4.78 is 53.5. The van der Waals surface area contributed by atoms with Crippen LogP contribution in [0.4, 0.5) is 24.5 Å². The van der Waals surface area contributed by atoms with Crippen molar-refractivity contribution in [1.29, 1.82) is 0 Å². The number of anilines is 2. The van der Waals surface area contributed by atoms with Crippen molar-refractivity contribution in [2.24, 2.45) is 0 Å². The summed E-state index contributed by atoms with van der Waals surface area (Å²) >= 11 is -0.386. The largest absolute Gasteiger partial charge is 0.492 e. The Morgan fingerprint density at radius 1 is 1.19 bits per heavy atom. The highest BCUT2D eigenvalue weighted by Gasteiger charge is 2.29. The fourth-order valence-electron chi connectivity index (χ4n) is 2.58. The minimum absolute atomic E-state index is 0.282. The Labute approximate surface area is 160 Å². The molecule has 0 unspecified atom stereocenters. The Morgan fingerprint density at radius 3 is 2.41 bits per heavy atom. The van der Waals surface area contributed by atoms with E-state index in [1.807, 2.05) is 6.92 Å². The van der Waals surface area contributed by atoms with Crippen LogP contribution in [0, 0.1) is 0 Å². The lowest BCUT2D eigenvalue weighted by atomic mass is 10.2. The number of carbonyl (C=O) groups excluding carboxylic acids is 1. The van der Waals surface area contributed by atoms with Crippen molar-refractivity contribution >= 4 is 29.0 Å². The molecule has 0 aliphatic carbocycles. The summed E-state index contributed by atoms with van der Waals surface area (Å²) in [6.07, 6.45) is 0. The van der Waals surface area contributed by atoms with Crippen LogP contribution in [0.5, 0.6) is 11.5 Å². The number of rotatable bonds is 8. The second kappa shape index (κ2) is 9.93. The van der Waals surface area contributed by atoms with Crippen LogP contribution in [-0.2, 0) is 9.53 Å². The molecule has 1 aromatic rings. The zero-order valence-electron chi connectivity index (χ0n) is 15.2. The van der Waals surface area contributed by atoms with Gasteiger partial charge in [0.1, 0.15) is 11.5 Å². The van der Waals surface area contributed by atoms with Gasteiger partial charge in [-0.2, -0.15) is 13.2 Å². The second-order valence-corrected chi connectivity index (χ2v) is 6.60. The van der Waals surface area contributed by atoms with Gasteiger partial charge in [0.2, 0.25) is 5.91 Å². The predicted molar refractivity (Wildman–Crippen MR) is 99.0 cm³/mol. The molecule has 1 aliphatic rings. The Morgan fingerprint density at radius 2 is 1.81 bits per heavy atom. The number of carbonyl (C=O) groups is 1. The topological polar surface area (TPSA) is 60.0 Å². The molecule has 1 N–H and O–H groups in total. The van der Waals surface area contributed by atoms with Gasteiger partial charge in [-0.1, -0.05) is 0 Å². The highest BCUT2D eigenvalue weighted by atomic mass is 32.2. The van der Waals surface area contributed by atoms with Crippen LogP contribution >= 0.6 is 11.8 Å². The predicted octanol–water partition coefficient (Wildman–Crippen LogP) is 3.51. The number of alkyl halides is 3. The lowest BCUT2D eigenvalue weighted by Crippen LogP contribution is -2.36. The molecule has 0 atom stereocenters. The number of amides is 1. The number of benzene rings is 1. The standard InChI is InChI=1S/C17H23F3N2O4S/c1-3-25-14-10-13(22-5-7-24-8-6-22)15(26-4-2)9-12(14)21-16(23)11-27-17(18,19)20/h9-10H,3-8,11H2,1-2H3,(H,21,23). The third-order valence-electron chi connectivity index (χ3n) is 3.65. The number of ether oxygens (including phenoxy) is 3. The maximum atomic E-state index is 12.3. The van der Waals surface area contributed by atoms with Crippen molar-refractivity contribution in [2.45, 2.75) is 19.4 Å². The molecule has 0 radical (unpaired) electrons. The average molecular weight is 408 g/mol. The van der Waals surface area contributed by atoms with E-state index in [0.29, 0.717) is 51.0 Å². The summed E-state index contributed by atoms with van der Waals surface area (Å²) in [5.41, 5.74) is -3.38. The van der Waals surface area contributed by atoms with E-state index >= 15 is 0 Å². The quantitative estimate of drug-likeness (QED) is 0.710. The minimum atomic E-state index is -4.46. The Balaban J connectivity index is 2.26. The second-order valence-electron chi connectivity index (χ2n) is 5.56. The maximum absolute atomic E-state index is 12.3. The third-order valence-corrected chi connectivity index (χ3v) is 4.39. The molecule has 0 saturated carbocycles. The van der Waals surface area contributed by atoms with Crippen LogP contribution in [0.2, 0.25) is 0 Å². The van der Waals surface area contributed by atoms with Gasteiger partial charge in [-0.3, -0.25) is 4.79 Å². The van der Waals surface area contributed by atoms with Gasteiger partial charge in [-0.15, -0.1) is 0 Å². The highest BCUT2D eigenvalue weighted by Crippen LogP contribution is 2.39. The van der Waals surface area contributed by atoms with Crippen molar-refractivity contribution in [2.75, 3.05) is 55.5 Å². The summed E-state index contributed by atoms with van der Waals surface area (Å²) in [6, 6.07) is 3.34. The van der Waals surface area contributed by atoms with Crippen LogP contribution in [0.1, 0.15) is 13.8 Å². The molecule has 0 spiro atoms. The SMILES string of the molecule is CCOc1cc(N2CCOCC2)c(OCC)cc1NC(=O)CSC(F)(F)F. The van der Waals surface area contributed by atoms with E-state index in [9.17, 15) is 18.0 Å². The molecular formula is C17H23F3N2O4S. The first-order valence-corrected chi connectivity index (χ1v) is 9.59. The lowest BCUT2D eigenvalue weighted by molar-refractivity contribution is -0.114. The summed E-state index contributed by atoms with van der Waals surface area (Å²) in [6.45, 7) is 6.90. The van der Waals surface area contributed by atoms with Gasteiger partial charge in [0.05, 0.1) is 43.6 Å². The zero-order chi connectivity index (χ0) is 19.9. The molecule has 1 fully saturated rings. The minimum Gasteiger partial charge on any atom is -0.492 e. The first kappa shape index (κ1) is 21.5. The molecule has 1 aliphatic heterocycles. The van der Waals surface area contributed by atoms with E-state index < -0.39 is 17.2 Å². The number of hydrogen-bond acceptors (Lipinski definition) is 6. The fourth-order valence-corrected chi connectivity index (χ4v) is 2.94. The van der Waals surface area contributed by atoms with Crippen molar-refractivity contribution in [3.63, 3.8) is 0 Å². The molecule has 2 rings (SSSR count). The lowest BCUT2D eigenvalue weighted by Gasteiger charge is -2.31. The van der Waals surface area contributed by atoms with E-state index in [0.717, 1.165) is 5.69 Å². The smallest absolute Gasteiger partial charge is 0.442 e. The van der Waals surface area contributed by atoms with Gasteiger partial charge in [-0.25, -0.2) is 0 Å². The van der Waals surface area contributed by atoms with Crippen LogP contribution in [-0.4, -0.2) is 56.7 Å². The van der Waals surface area contributed by atoms with Crippen molar-refractivity contribution in [1.82, 2.24) is 0 Å². The van der Waals surface area contributed by atoms with E-state index in [2.05, 4.69) is 10.2 Å². The molecule has 1 heterocycles. The number of thioether (sulfide) groups is 1. The maximum Gasteiger partial charge on any atom is 0.442 e. The van der Waals surface area contributed by atoms with Gasteiger partial charge in [0, 0.05) is 25.2 Å². The Bertz CT molecular complexity index is 637. The van der Waals surface area contributed by atoms with E-state index in [1.54, 1.807) is 19.1 Å². The molecule has 10 heteroatoms. The van der Waals surface area contributed by atoms with Gasteiger partial charge in [-0.05, 0) is 25.6 Å². The van der Waals surface area contributed by atoms with Crippen LogP contribution in [0.25, 0.3) is 0 Å². The van der Waals surface area contributed by atoms with Gasteiger partial charge < -0.3 is 24.4 Å². The summed E-state index contributed by atoms with van der Waals surface area (Å²) in [5, 5.41) is 2.49. The van der Waals surface area contributed by atoms with E-state index in [4.69, 9.17) is 14.2 Å². The third kappa shape index (κ3) is 6.69. The van der Waals surface area contributed by atoms with Crippen molar-refractivity contribution < 1.29 is 32.2 Å². The van der Waals surface area contributed by atoms with Crippen molar-refractivity contribution in [3.8, 4) is 11.5 Å². The van der Waals surface area contributed by atoms with E-state index in [-0.39, 0.29) is 17.4 Å². The summed E-state index contributed by atoms with van der Waals surface area (Å²) in [4.78, 5) is 14.0. The first-order valence-electron chi connectivity index (χ1n) is 8.61. The van der Waals surface area contributed by atoms with Crippen LogP contribution in [0.3, 0.4) is 0 Å². The molecule has 1 amide bonds. The number of morpholine rings is 1. The Hall–Kier alpha value is -1.81. The zero-order valence-corrected chi connectivity index (χ0v) is 16.0. The molecule has 0 aromatic heterocycles. The molecule has 1 aromatic carbocycles. The summed E-state index contributed by atoms with van der Waals surface area (Å²) in [5.74, 6) is -0.584. The van der Waals surface area contributed by atoms with Gasteiger partial charge >= 0.3 is 5.51 Å². The number of hydrogen-bond donors (Lipinski definition) is 1.